The highest BCUT2D eigenvalue weighted by molar-refractivity contribution is 5.94. The van der Waals surface area contributed by atoms with Gasteiger partial charge in [-0.15, -0.1) is 0 Å². The Kier molecular flexibility index (Phi) is 5.70. The van der Waals surface area contributed by atoms with Gasteiger partial charge in [0.25, 0.3) is 0 Å². The van der Waals surface area contributed by atoms with Crippen LogP contribution in [0, 0.1) is 0 Å². The molecule has 0 aromatic heterocycles. The lowest BCUT2D eigenvalue weighted by molar-refractivity contribution is 0.00248. The Hall–Kier alpha value is -2.37. The minimum absolute atomic E-state index is 0.00339. The number of rotatable bonds is 3. The quantitative estimate of drug-likeness (QED) is 0.902. The molecule has 5 heteroatoms. The van der Waals surface area contributed by atoms with Crippen LogP contribution < -0.4 is 5.32 Å². The molecule has 27 heavy (non-hydrogen) atoms. The summed E-state index contributed by atoms with van der Waals surface area (Å²) in [7, 11) is 0. The highest BCUT2D eigenvalue weighted by atomic mass is 16.5. The molecule has 2 aliphatic heterocycles. The van der Waals surface area contributed by atoms with Gasteiger partial charge in [-0.3, -0.25) is 4.90 Å². The summed E-state index contributed by atoms with van der Waals surface area (Å²) < 4.78 is 5.46. The molecule has 1 unspecified atom stereocenters. The average molecular weight is 365 g/mol. The molecule has 2 aromatic rings. The number of likely N-dealkylation sites (tertiary alicyclic amines) is 1. The van der Waals surface area contributed by atoms with Gasteiger partial charge in [0.1, 0.15) is 0 Å². The van der Waals surface area contributed by atoms with E-state index in [0.29, 0.717) is 6.04 Å². The third-order valence-electron chi connectivity index (χ3n) is 5.50. The van der Waals surface area contributed by atoms with E-state index in [1.807, 2.05) is 41.3 Å². The van der Waals surface area contributed by atoms with Gasteiger partial charge in [0.05, 0.1) is 18.9 Å². The molecule has 2 amide bonds. The molecule has 0 bridgehead atoms. The van der Waals surface area contributed by atoms with E-state index in [4.69, 9.17) is 4.74 Å². The van der Waals surface area contributed by atoms with Crippen LogP contribution in [0.25, 0.3) is 11.1 Å². The molecule has 2 heterocycles. The fourth-order valence-electron chi connectivity index (χ4n) is 4.04. The number of amides is 2. The van der Waals surface area contributed by atoms with E-state index in [1.54, 1.807) is 0 Å². The number of hydrogen-bond donors (Lipinski definition) is 1. The lowest BCUT2D eigenvalue weighted by Gasteiger charge is -2.40. The van der Waals surface area contributed by atoms with E-state index < -0.39 is 0 Å². The highest BCUT2D eigenvalue weighted by Crippen LogP contribution is 2.28. The number of carbonyl (C=O) groups is 1. The second kappa shape index (κ2) is 8.55. The molecule has 0 spiro atoms. The van der Waals surface area contributed by atoms with Gasteiger partial charge in [-0.25, -0.2) is 4.79 Å². The molecule has 0 radical (unpaired) electrons. The molecule has 0 aliphatic carbocycles. The van der Waals surface area contributed by atoms with E-state index in [9.17, 15) is 4.79 Å². The van der Waals surface area contributed by atoms with Crippen LogP contribution in [-0.2, 0) is 4.74 Å². The average Bonchev–Trinajstić information content (AvgIpc) is 2.75. The number of anilines is 1. The SMILES string of the molecule is O=C(Nc1ccccc1-c1ccccc1)N1CCCC(N2CCOCC2)C1. The fraction of sp³-hybridized carbons (Fsp3) is 0.409. The smallest absolute Gasteiger partial charge is 0.321 e. The summed E-state index contributed by atoms with van der Waals surface area (Å²) in [6.45, 7) is 5.15. The molecule has 0 saturated carbocycles. The van der Waals surface area contributed by atoms with Gasteiger partial charge in [0, 0.05) is 37.8 Å². The Bertz CT molecular complexity index is 759. The molecule has 5 nitrogen and oxygen atoms in total. The summed E-state index contributed by atoms with van der Waals surface area (Å²) in [5.74, 6) is 0. The Morgan fingerprint density at radius 3 is 2.52 bits per heavy atom. The molecule has 142 valence electrons. The van der Waals surface area contributed by atoms with Crippen LogP contribution >= 0.6 is 0 Å². The van der Waals surface area contributed by atoms with Gasteiger partial charge in [-0.05, 0) is 24.5 Å². The van der Waals surface area contributed by atoms with Crippen molar-refractivity contribution in [1.29, 1.82) is 0 Å². The number of para-hydroxylation sites is 1. The molecule has 2 saturated heterocycles. The normalized spacial score (nSPS) is 21.0. The van der Waals surface area contributed by atoms with Crippen LogP contribution in [0.4, 0.5) is 10.5 Å². The van der Waals surface area contributed by atoms with Crippen molar-refractivity contribution in [2.45, 2.75) is 18.9 Å². The topological polar surface area (TPSA) is 44.8 Å². The van der Waals surface area contributed by atoms with Gasteiger partial charge in [0.15, 0.2) is 0 Å². The van der Waals surface area contributed by atoms with E-state index >= 15 is 0 Å². The predicted molar refractivity (Wildman–Crippen MR) is 108 cm³/mol. The van der Waals surface area contributed by atoms with Crippen LogP contribution in [0.15, 0.2) is 54.6 Å². The van der Waals surface area contributed by atoms with Crippen molar-refractivity contribution in [3.05, 3.63) is 54.6 Å². The first-order valence-corrected chi connectivity index (χ1v) is 9.83. The zero-order chi connectivity index (χ0) is 18.5. The van der Waals surface area contributed by atoms with Crippen LogP contribution in [0.1, 0.15) is 12.8 Å². The number of nitrogens with one attached hydrogen (secondary N) is 1. The van der Waals surface area contributed by atoms with Crippen molar-refractivity contribution in [1.82, 2.24) is 9.80 Å². The summed E-state index contributed by atoms with van der Waals surface area (Å²) in [5.41, 5.74) is 3.02. The van der Waals surface area contributed by atoms with Crippen molar-refractivity contribution in [3.63, 3.8) is 0 Å². The number of benzene rings is 2. The predicted octanol–water partition coefficient (Wildman–Crippen LogP) is 3.68. The van der Waals surface area contributed by atoms with Crippen LogP contribution in [0.2, 0.25) is 0 Å². The lowest BCUT2D eigenvalue weighted by atomic mass is 10.0. The monoisotopic (exact) mass is 365 g/mol. The summed E-state index contributed by atoms with van der Waals surface area (Å²) in [4.78, 5) is 17.4. The zero-order valence-corrected chi connectivity index (χ0v) is 15.6. The van der Waals surface area contributed by atoms with Crippen LogP contribution in [-0.4, -0.2) is 61.3 Å². The maximum Gasteiger partial charge on any atom is 0.321 e. The van der Waals surface area contributed by atoms with E-state index in [1.165, 1.54) is 0 Å². The summed E-state index contributed by atoms with van der Waals surface area (Å²) >= 11 is 0. The standard InChI is InChI=1S/C22H27N3O2/c26-22(25-12-6-9-19(17-25)24-13-15-27-16-14-24)23-21-11-5-4-10-20(21)18-7-2-1-3-8-18/h1-5,7-8,10-11,19H,6,9,12-17H2,(H,23,26). The molecular formula is C22H27N3O2. The number of ether oxygens (including phenoxy) is 1. The summed E-state index contributed by atoms with van der Waals surface area (Å²) in [5, 5.41) is 3.15. The maximum atomic E-state index is 13.0. The molecule has 4 rings (SSSR count). The van der Waals surface area contributed by atoms with Crippen LogP contribution in [0.5, 0.6) is 0 Å². The largest absolute Gasteiger partial charge is 0.379 e. The molecular weight excluding hydrogens is 338 g/mol. The van der Waals surface area contributed by atoms with Crippen LogP contribution in [0.3, 0.4) is 0 Å². The second-order valence-corrected chi connectivity index (χ2v) is 7.23. The summed E-state index contributed by atoms with van der Waals surface area (Å²) in [6, 6.07) is 18.6. The van der Waals surface area contributed by atoms with Gasteiger partial charge in [-0.1, -0.05) is 48.5 Å². The Morgan fingerprint density at radius 1 is 0.963 bits per heavy atom. The second-order valence-electron chi connectivity index (χ2n) is 7.23. The third-order valence-corrected chi connectivity index (χ3v) is 5.50. The number of hydrogen-bond acceptors (Lipinski definition) is 3. The maximum absolute atomic E-state index is 13.0. The van der Waals surface area contributed by atoms with Gasteiger partial charge in [0.2, 0.25) is 0 Å². The van der Waals surface area contributed by atoms with Gasteiger partial charge >= 0.3 is 6.03 Å². The van der Waals surface area contributed by atoms with Gasteiger partial charge < -0.3 is 15.0 Å². The molecule has 2 aromatic carbocycles. The number of carbonyl (C=O) groups excluding carboxylic acids is 1. The van der Waals surface area contributed by atoms with Crippen molar-refractivity contribution >= 4 is 11.7 Å². The zero-order valence-electron chi connectivity index (χ0n) is 15.6. The van der Waals surface area contributed by atoms with Crippen molar-refractivity contribution < 1.29 is 9.53 Å². The highest BCUT2D eigenvalue weighted by Gasteiger charge is 2.29. The minimum atomic E-state index is -0.00339. The first-order chi connectivity index (χ1) is 13.3. The molecule has 2 fully saturated rings. The van der Waals surface area contributed by atoms with Crippen molar-refractivity contribution in [3.8, 4) is 11.1 Å². The van der Waals surface area contributed by atoms with E-state index in [-0.39, 0.29) is 6.03 Å². The minimum Gasteiger partial charge on any atom is -0.379 e. The first kappa shape index (κ1) is 18.0. The Labute approximate surface area is 160 Å². The van der Waals surface area contributed by atoms with Crippen molar-refractivity contribution in [2.75, 3.05) is 44.7 Å². The van der Waals surface area contributed by atoms with Crippen molar-refractivity contribution in [2.24, 2.45) is 0 Å². The first-order valence-electron chi connectivity index (χ1n) is 9.83. The number of morpholine rings is 1. The number of nitrogens with zero attached hydrogens (tertiary/aromatic N) is 2. The molecule has 2 aliphatic rings. The Balaban J connectivity index is 1.45. The van der Waals surface area contributed by atoms with E-state index in [2.05, 4.69) is 28.4 Å². The van der Waals surface area contributed by atoms with E-state index in [0.717, 1.165) is 69.0 Å². The third kappa shape index (κ3) is 4.31. The Morgan fingerprint density at radius 2 is 1.70 bits per heavy atom. The molecule has 1 N–H and O–H groups in total. The lowest BCUT2D eigenvalue weighted by Crippen LogP contribution is -2.53. The molecule has 1 atom stereocenters. The fourth-order valence-corrected chi connectivity index (χ4v) is 4.04. The summed E-state index contributed by atoms with van der Waals surface area (Å²) in [6.07, 6.45) is 2.21. The number of urea groups is 1. The van der Waals surface area contributed by atoms with Gasteiger partial charge in [-0.2, -0.15) is 0 Å². The number of piperidine rings is 1.